The average molecular weight is 336 g/mol. The Morgan fingerprint density at radius 1 is 1.22 bits per heavy atom. The molecule has 0 saturated carbocycles. The summed E-state index contributed by atoms with van der Waals surface area (Å²) in [7, 11) is 1.55. The Kier molecular flexibility index (Phi) is 4.79. The molecule has 1 heterocycles. The van der Waals surface area contributed by atoms with E-state index in [1.165, 1.54) is 34.5 Å². The summed E-state index contributed by atoms with van der Waals surface area (Å²) in [6, 6.07) is 5.23. The van der Waals surface area contributed by atoms with Gasteiger partial charge in [-0.05, 0) is 45.0 Å². The molecule has 7 heteroatoms. The van der Waals surface area contributed by atoms with Crippen molar-refractivity contribution in [1.82, 2.24) is 4.98 Å². The van der Waals surface area contributed by atoms with Gasteiger partial charge in [0, 0.05) is 18.0 Å². The zero-order valence-corrected chi connectivity index (χ0v) is 14.1. The van der Waals surface area contributed by atoms with Gasteiger partial charge in [-0.3, -0.25) is 9.69 Å². The number of carbonyl (C=O) groups is 2. The minimum Gasteiger partial charge on any atom is -0.455 e. The van der Waals surface area contributed by atoms with Crippen LogP contribution in [0.1, 0.15) is 41.6 Å². The highest BCUT2D eigenvalue weighted by molar-refractivity contribution is 7.14. The van der Waals surface area contributed by atoms with Gasteiger partial charge < -0.3 is 4.74 Å². The standard InChI is InChI=1S/C16H17FN2O3S/c1-16(2,3)22-14(21)12-9-23-15(18-12)19(4)13(20)10-5-7-11(17)8-6-10/h5-9H,1-4H3. The summed E-state index contributed by atoms with van der Waals surface area (Å²) in [4.78, 5) is 29.7. The predicted octanol–water partition coefficient (Wildman–Crippen LogP) is 3.51. The van der Waals surface area contributed by atoms with E-state index in [0.717, 1.165) is 11.3 Å². The van der Waals surface area contributed by atoms with E-state index in [-0.39, 0.29) is 11.6 Å². The Balaban J connectivity index is 2.14. The maximum Gasteiger partial charge on any atom is 0.358 e. The summed E-state index contributed by atoms with van der Waals surface area (Å²) < 4.78 is 18.2. The third kappa shape index (κ3) is 4.35. The van der Waals surface area contributed by atoms with Crippen molar-refractivity contribution >= 4 is 28.3 Å². The first-order chi connectivity index (χ1) is 10.7. The summed E-state index contributed by atoms with van der Waals surface area (Å²) >= 11 is 1.16. The number of hydrogen-bond acceptors (Lipinski definition) is 5. The van der Waals surface area contributed by atoms with Gasteiger partial charge in [0.05, 0.1) is 0 Å². The highest BCUT2D eigenvalue weighted by Crippen LogP contribution is 2.23. The van der Waals surface area contributed by atoms with Crippen LogP contribution in [0.2, 0.25) is 0 Å². The molecule has 0 radical (unpaired) electrons. The smallest absolute Gasteiger partial charge is 0.358 e. The Bertz CT molecular complexity index is 720. The fraction of sp³-hybridized carbons (Fsp3) is 0.312. The van der Waals surface area contributed by atoms with Gasteiger partial charge in [-0.1, -0.05) is 0 Å². The number of esters is 1. The van der Waals surface area contributed by atoms with E-state index in [0.29, 0.717) is 10.7 Å². The van der Waals surface area contributed by atoms with Crippen LogP contribution in [0, 0.1) is 5.82 Å². The first kappa shape index (κ1) is 17.1. The van der Waals surface area contributed by atoms with E-state index < -0.39 is 17.4 Å². The normalized spacial score (nSPS) is 11.2. The third-order valence-electron chi connectivity index (χ3n) is 2.78. The van der Waals surface area contributed by atoms with Gasteiger partial charge in [0.25, 0.3) is 5.91 Å². The molecule has 0 aliphatic carbocycles. The number of benzene rings is 1. The monoisotopic (exact) mass is 336 g/mol. The second-order valence-electron chi connectivity index (χ2n) is 5.89. The molecule has 0 bridgehead atoms. The van der Waals surface area contributed by atoms with Crippen LogP contribution in [0.25, 0.3) is 0 Å². The van der Waals surface area contributed by atoms with E-state index in [2.05, 4.69) is 4.98 Å². The van der Waals surface area contributed by atoms with E-state index in [1.54, 1.807) is 27.8 Å². The maximum absolute atomic E-state index is 12.9. The van der Waals surface area contributed by atoms with Crippen LogP contribution >= 0.6 is 11.3 Å². The van der Waals surface area contributed by atoms with Gasteiger partial charge in [0.2, 0.25) is 0 Å². The Labute approximate surface area is 137 Å². The minimum atomic E-state index is -0.614. The molecule has 0 aliphatic heterocycles. The lowest BCUT2D eigenvalue weighted by molar-refractivity contribution is 0.00636. The van der Waals surface area contributed by atoms with Gasteiger partial charge >= 0.3 is 5.97 Å². The first-order valence-corrected chi connectivity index (χ1v) is 7.78. The lowest BCUT2D eigenvalue weighted by atomic mass is 10.2. The van der Waals surface area contributed by atoms with Crippen LogP contribution in [-0.2, 0) is 4.74 Å². The number of ether oxygens (including phenoxy) is 1. The first-order valence-electron chi connectivity index (χ1n) is 6.90. The quantitative estimate of drug-likeness (QED) is 0.805. The number of nitrogens with zero attached hydrogens (tertiary/aromatic N) is 2. The molecule has 0 aliphatic rings. The summed E-state index contributed by atoms with van der Waals surface area (Å²) in [6.45, 7) is 5.30. The zero-order chi connectivity index (χ0) is 17.2. The molecular formula is C16H17FN2O3S. The molecule has 0 spiro atoms. The molecule has 5 nitrogen and oxygen atoms in total. The predicted molar refractivity (Wildman–Crippen MR) is 86.4 cm³/mol. The minimum absolute atomic E-state index is 0.152. The number of carbonyl (C=O) groups excluding carboxylic acids is 2. The summed E-state index contributed by atoms with van der Waals surface area (Å²) in [5.41, 5.74) is -0.127. The number of amides is 1. The molecule has 23 heavy (non-hydrogen) atoms. The van der Waals surface area contributed by atoms with Crippen LogP contribution in [0.3, 0.4) is 0 Å². The van der Waals surface area contributed by atoms with Crippen LogP contribution < -0.4 is 4.90 Å². The fourth-order valence-corrected chi connectivity index (χ4v) is 2.47. The molecule has 2 rings (SSSR count). The van der Waals surface area contributed by atoms with Crippen LogP contribution in [0.4, 0.5) is 9.52 Å². The number of hydrogen-bond donors (Lipinski definition) is 0. The summed E-state index contributed by atoms with van der Waals surface area (Å²) in [5.74, 6) is -1.29. The molecule has 0 N–H and O–H groups in total. The fourth-order valence-electron chi connectivity index (χ4n) is 1.72. The Hall–Kier alpha value is -2.28. The SMILES string of the molecule is CN(C(=O)c1ccc(F)cc1)c1nc(C(=O)OC(C)(C)C)cs1. The topological polar surface area (TPSA) is 59.5 Å². The van der Waals surface area contributed by atoms with Crippen molar-refractivity contribution in [2.24, 2.45) is 0 Å². The molecule has 0 unspecified atom stereocenters. The van der Waals surface area contributed by atoms with E-state index in [1.807, 2.05) is 0 Å². The molecular weight excluding hydrogens is 319 g/mol. The van der Waals surface area contributed by atoms with Crippen molar-refractivity contribution in [2.75, 3.05) is 11.9 Å². The van der Waals surface area contributed by atoms with Gasteiger partial charge in [-0.15, -0.1) is 11.3 Å². The largest absolute Gasteiger partial charge is 0.455 e. The number of halogens is 1. The van der Waals surface area contributed by atoms with Gasteiger partial charge in [-0.2, -0.15) is 0 Å². The average Bonchev–Trinajstić information content (AvgIpc) is 2.94. The van der Waals surface area contributed by atoms with Crippen LogP contribution in [-0.4, -0.2) is 29.5 Å². The molecule has 1 aromatic heterocycles. The summed E-state index contributed by atoms with van der Waals surface area (Å²) in [5, 5.41) is 1.90. The van der Waals surface area contributed by atoms with Crippen molar-refractivity contribution in [3.8, 4) is 0 Å². The Morgan fingerprint density at radius 2 is 1.83 bits per heavy atom. The third-order valence-corrected chi connectivity index (χ3v) is 3.70. The van der Waals surface area contributed by atoms with Crippen molar-refractivity contribution in [3.05, 3.63) is 46.7 Å². The number of rotatable bonds is 3. The molecule has 1 aromatic carbocycles. The molecule has 0 fully saturated rings. The molecule has 0 atom stereocenters. The second-order valence-corrected chi connectivity index (χ2v) is 6.72. The van der Waals surface area contributed by atoms with Crippen molar-refractivity contribution in [1.29, 1.82) is 0 Å². The molecule has 2 aromatic rings. The van der Waals surface area contributed by atoms with Crippen LogP contribution in [0.5, 0.6) is 0 Å². The molecule has 122 valence electrons. The Morgan fingerprint density at radius 3 is 2.39 bits per heavy atom. The van der Waals surface area contributed by atoms with E-state index >= 15 is 0 Å². The number of thiazole rings is 1. The zero-order valence-electron chi connectivity index (χ0n) is 13.3. The maximum atomic E-state index is 12.9. The summed E-state index contributed by atoms with van der Waals surface area (Å²) in [6.07, 6.45) is 0. The van der Waals surface area contributed by atoms with E-state index in [4.69, 9.17) is 4.74 Å². The number of aromatic nitrogens is 1. The van der Waals surface area contributed by atoms with Gasteiger partial charge in [-0.25, -0.2) is 14.2 Å². The van der Waals surface area contributed by atoms with Crippen molar-refractivity contribution < 1.29 is 18.7 Å². The highest BCUT2D eigenvalue weighted by Gasteiger charge is 2.22. The van der Waals surface area contributed by atoms with Crippen molar-refractivity contribution in [3.63, 3.8) is 0 Å². The van der Waals surface area contributed by atoms with E-state index in [9.17, 15) is 14.0 Å². The second kappa shape index (κ2) is 6.45. The molecule has 0 saturated heterocycles. The number of anilines is 1. The van der Waals surface area contributed by atoms with Gasteiger partial charge in [0.1, 0.15) is 11.4 Å². The molecule has 1 amide bonds. The van der Waals surface area contributed by atoms with Crippen LogP contribution in [0.15, 0.2) is 29.6 Å². The lowest BCUT2D eigenvalue weighted by Crippen LogP contribution is -2.27. The highest BCUT2D eigenvalue weighted by atomic mass is 32.1. The van der Waals surface area contributed by atoms with Crippen molar-refractivity contribution in [2.45, 2.75) is 26.4 Å². The lowest BCUT2D eigenvalue weighted by Gasteiger charge is -2.18. The van der Waals surface area contributed by atoms with Gasteiger partial charge in [0.15, 0.2) is 10.8 Å².